The summed E-state index contributed by atoms with van der Waals surface area (Å²) < 4.78 is 21.5. The molecular formula is C19H21ClFN5O. The average molecular weight is 390 g/mol. The first-order valence-electron chi connectivity index (χ1n) is 8.82. The van der Waals surface area contributed by atoms with Crippen LogP contribution in [0.15, 0.2) is 42.5 Å². The van der Waals surface area contributed by atoms with Gasteiger partial charge >= 0.3 is 0 Å². The average Bonchev–Trinajstić information content (AvgIpc) is 3.12. The molecule has 6 nitrogen and oxygen atoms in total. The summed E-state index contributed by atoms with van der Waals surface area (Å²) in [5.74, 6) is 0.875. The molecule has 27 heavy (non-hydrogen) atoms. The van der Waals surface area contributed by atoms with E-state index in [0.717, 1.165) is 24.9 Å². The van der Waals surface area contributed by atoms with Crippen molar-refractivity contribution < 1.29 is 9.13 Å². The number of aromatic nitrogens is 4. The van der Waals surface area contributed by atoms with Crippen LogP contribution >= 0.6 is 11.6 Å². The Bertz CT molecular complexity index is 866. The van der Waals surface area contributed by atoms with Crippen LogP contribution in [-0.4, -0.2) is 20.2 Å². The Morgan fingerprint density at radius 1 is 1.19 bits per heavy atom. The number of rotatable bonds is 9. The number of nitrogens with zero attached hydrogens (tertiary/aromatic N) is 4. The first kappa shape index (κ1) is 19.1. The number of aryl methyl sites for hydroxylation is 1. The van der Waals surface area contributed by atoms with Crippen molar-refractivity contribution in [3.63, 3.8) is 0 Å². The second-order valence-corrected chi connectivity index (χ2v) is 6.44. The van der Waals surface area contributed by atoms with E-state index in [0.29, 0.717) is 28.8 Å². The third-order valence-electron chi connectivity index (χ3n) is 4.10. The predicted octanol–water partition coefficient (Wildman–Crippen LogP) is 4.46. The normalized spacial score (nSPS) is 10.8. The minimum atomic E-state index is -0.381. The van der Waals surface area contributed by atoms with Crippen LogP contribution in [0.5, 0.6) is 5.75 Å². The van der Waals surface area contributed by atoms with Gasteiger partial charge in [-0.05, 0) is 35.0 Å². The maximum absolute atomic E-state index is 13.9. The zero-order valence-electron chi connectivity index (χ0n) is 15.0. The van der Waals surface area contributed by atoms with E-state index in [1.54, 1.807) is 16.8 Å². The van der Waals surface area contributed by atoms with Gasteiger partial charge in [0.2, 0.25) is 5.95 Å². The number of anilines is 1. The third-order valence-corrected chi connectivity index (χ3v) is 4.45. The quantitative estimate of drug-likeness (QED) is 0.585. The molecule has 0 amide bonds. The van der Waals surface area contributed by atoms with Crippen molar-refractivity contribution in [3.8, 4) is 5.75 Å². The van der Waals surface area contributed by atoms with E-state index >= 15 is 0 Å². The van der Waals surface area contributed by atoms with E-state index in [9.17, 15) is 4.39 Å². The van der Waals surface area contributed by atoms with Gasteiger partial charge in [0.05, 0.1) is 5.02 Å². The Kier molecular flexibility index (Phi) is 6.59. The van der Waals surface area contributed by atoms with Gasteiger partial charge in [-0.2, -0.15) is 0 Å². The van der Waals surface area contributed by atoms with Crippen molar-refractivity contribution in [2.24, 2.45) is 0 Å². The maximum Gasteiger partial charge on any atom is 0.243 e. The number of nitrogens with one attached hydrogen (secondary N) is 1. The highest BCUT2D eigenvalue weighted by Gasteiger charge is 2.11. The summed E-state index contributed by atoms with van der Waals surface area (Å²) in [4.78, 5) is 0. The Morgan fingerprint density at radius 2 is 2.04 bits per heavy atom. The summed E-state index contributed by atoms with van der Waals surface area (Å²) in [7, 11) is 0. The molecule has 0 unspecified atom stereocenters. The van der Waals surface area contributed by atoms with E-state index < -0.39 is 0 Å². The van der Waals surface area contributed by atoms with Gasteiger partial charge in [-0.15, -0.1) is 0 Å². The Hall–Kier alpha value is -2.67. The fraction of sp³-hybridized carbons (Fsp3) is 0.316. The first-order valence-corrected chi connectivity index (χ1v) is 9.20. The number of para-hydroxylation sites is 1. The fourth-order valence-corrected chi connectivity index (χ4v) is 2.79. The Labute approximate surface area is 162 Å². The standard InChI is InChI=1S/C19H21ClFN5O/c1-2-3-11-26-19(23-24-25-26)22-12-14-7-4-5-10-18(14)27-13-15-16(20)8-6-9-17(15)21/h4-10H,2-3,11-13H2,1H3,(H,22,23,25). The molecular weight excluding hydrogens is 369 g/mol. The Balaban J connectivity index is 1.67. The lowest BCUT2D eigenvalue weighted by Gasteiger charge is -2.13. The highest BCUT2D eigenvalue weighted by atomic mass is 35.5. The second-order valence-electron chi connectivity index (χ2n) is 6.03. The lowest BCUT2D eigenvalue weighted by molar-refractivity contribution is 0.297. The van der Waals surface area contributed by atoms with Crippen LogP contribution in [0.1, 0.15) is 30.9 Å². The zero-order chi connectivity index (χ0) is 19.1. The van der Waals surface area contributed by atoms with Crippen LogP contribution in [0.3, 0.4) is 0 Å². The van der Waals surface area contributed by atoms with Gasteiger partial charge in [-0.3, -0.25) is 0 Å². The molecule has 0 saturated carbocycles. The van der Waals surface area contributed by atoms with Crippen molar-refractivity contribution in [1.82, 2.24) is 20.2 Å². The van der Waals surface area contributed by atoms with Crippen molar-refractivity contribution >= 4 is 17.5 Å². The molecule has 3 rings (SSSR count). The second kappa shape index (κ2) is 9.32. The summed E-state index contributed by atoms with van der Waals surface area (Å²) >= 11 is 6.07. The molecule has 2 aromatic carbocycles. The van der Waals surface area contributed by atoms with E-state index in [1.165, 1.54) is 6.07 Å². The molecule has 0 aliphatic heterocycles. The molecule has 1 N–H and O–H groups in total. The first-order chi connectivity index (χ1) is 13.2. The fourth-order valence-electron chi connectivity index (χ4n) is 2.57. The highest BCUT2D eigenvalue weighted by molar-refractivity contribution is 6.31. The monoisotopic (exact) mass is 389 g/mol. The molecule has 0 bridgehead atoms. The summed E-state index contributed by atoms with van der Waals surface area (Å²) in [6, 6.07) is 12.1. The van der Waals surface area contributed by atoms with Crippen LogP contribution in [0, 0.1) is 5.82 Å². The molecule has 0 aliphatic rings. The molecule has 8 heteroatoms. The van der Waals surface area contributed by atoms with Crippen molar-refractivity contribution in [1.29, 1.82) is 0 Å². The molecule has 0 atom stereocenters. The number of tetrazole rings is 1. The van der Waals surface area contributed by atoms with Crippen LogP contribution in [0.2, 0.25) is 5.02 Å². The summed E-state index contributed by atoms with van der Waals surface area (Å²) in [5, 5.41) is 15.3. The van der Waals surface area contributed by atoms with Gasteiger partial charge in [0.15, 0.2) is 0 Å². The lowest BCUT2D eigenvalue weighted by atomic mass is 10.2. The SMILES string of the molecule is CCCCn1nnnc1NCc1ccccc1OCc1c(F)cccc1Cl. The number of halogens is 2. The smallest absolute Gasteiger partial charge is 0.243 e. The molecule has 1 heterocycles. The number of unbranched alkanes of at least 4 members (excludes halogenated alkanes) is 1. The van der Waals surface area contributed by atoms with Crippen LogP contribution < -0.4 is 10.1 Å². The number of benzene rings is 2. The van der Waals surface area contributed by atoms with Gasteiger partial charge in [0.1, 0.15) is 18.2 Å². The highest BCUT2D eigenvalue weighted by Crippen LogP contribution is 2.24. The minimum absolute atomic E-state index is 0.0523. The van der Waals surface area contributed by atoms with Gasteiger partial charge in [0, 0.05) is 24.2 Å². The molecule has 0 saturated heterocycles. The van der Waals surface area contributed by atoms with Gasteiger partial charge in [-0.25, -0.2) is 9.07 Å². The Morgan fingerprint density at radius 3 is 2.85 bits per heavy atom. The minimum Gasteiger partial charge on any atom is -0.488 e. The van der Waals surface area contributed by atoms with Crippen LogP contribution in [0.4, 0.5) is 10.3 Å². The molecule has 1 aromatic heterocycles. The summed E-state index contributed by atoms with van der Waals surface area (Å²) in [6.07, 6.45) is 2.07. The summed E-state index contributed by atoms with van der Waals surface area (Å²) in [6.45, 7) is 3.41. The molecule has 3 aromatic rings. The van der Waals surface area contributed by atoms with Gasteiger partial charge in [-0.1, -0.05) is 54.3 Å². The van der Waals surface area contributed by atoms with E-state index in [2.05, 4.69) is 27.8 Å². The van der Waals surface area contributed by atoms with Crippen molar-refractivity contribution in [2.75, 3.05) is 5.32 Å². The summed E-state index contributed by atoms with van der Waals surface area (Å²) in [5.41, 5.74) is 1.25. The zero-order valence-corrected chi connectivity index (χ0v) is 15.8. The molecule has 0 fully saturated rings. The molecule has 0 spiro atoms. The number of ether oxygens (including phenoxy) is 1. The van der Waals surface area contributed by atoms with Gasteiger partial charge in [0.25, 0.3) is 0 Å². The largest absolute Gasteiger partial charge is 0.488 e. The van der Waals surface area contributed by atoms with E-state index in [1.807, 2.05) is 24.3 Å². The van der Waals surface area contributed by atoms with Crippen LogP contribution in [-0.2, 0) is 19.7 Å². The van der Waals surface area contributed by atoms with Crippen molar-refractivity contribution in [2.45, 2.75) is 39.5 Å². The van der Waals surface area contributed by atoms with Gasteiger partial charge < -0.3 is 10.1 Å². The lowest BCUT2D eigenvalue weighted by Crippen LogP contribution is -2.10. The van der Waals surface area contributed by atoms with E-state index in [-0.39, 0.29) is 12.4 Å². The molecule has 0 radical (unpaired) electrons. The predicted molar refractivity (Wildman–Crippen MR) is 102 cm³/mol. The molecule has 0 aliphatic carbocycles. The maximum atomic E-state index is 13.9. The van der Waals surface area contributed by atoms with Crippen molar-refractivity contribution in [3.05, 3.63) is 64.4 Å². The number of hydrogen-bond acceptors (Lipinski definition) is 5. The molecule has 142 valence electrons. The van der Waals surface area contributed by atoms with Crippen LogP contribution in [0.25, 0.3) is 0 Å². The third kappa shape index (κ3) is 4.95. The number of hydrogen-bond donors (Lipinski definition) is 1. The van der Waals surface area contributed by atoms with E-state index in [4.69, 9.17) is 16.3 Å². The topological polar surface area (TPSA) is 64.9 Å².